The van der Waals surface area contributed by atoms with Gasteiger partial charge in [0.1, 0.15) is 17.7 Å². The second kappa shape index (κ2) is 17.7. The van der Waals surface area contributed by atoms with Crippen LogP contribution in [0.15, 0.2) is 102 Å². The molecule has 2 fully saturated rings. The normalized spacial score (nSPS) is 17.5. The predicted octanol–water partition coefficient (Wildman–Crippen LogP) is 6.86. The Morgan fingerprint density at radius 2 is 1.27 bits per heavy atom. The van der Waals surface area contributed by atoms with Gasteiger partial charge in [0.15, 0.2) is 6.04 Å². The Morgan fingerprint density at radius 1 is 0.733 bits per heavy atom. The van der Waals surface area contributed by atoms with E-state index in [4.69, 9.17) is 19.6 Å². The minimum Gasteiger partial charge on any atom is -0.453 e. The Hall–Kier alpha value is -7.27. The van der Waals surface area contributed by atoms with Gasteiger partial charge >= 0.3 is 12.1 Å². The van der Waals surface area contributed by atoms with E-state index in [-0.39, 0.29) is 23.9 Å². The summed E-state index contributed by atoms with van der Waals surface area (Å²) in [6.45, 7) is 1.05. The van der Waals surface area contributed by atoms with Gasteiger partial charge in [-0.15, -0.1) is 0 Å². The zero-order chi connectivity index (χ0) is 41.6. The second-order valence-corrected chi connectivity index (χ2v) is 14.5. The van der Waals surface area contributed by atoms with Crippen molar-refractivity contribution < 1.29 is 33.7 Å². The van der Waals surface area contributed by atoms with Crippen molar-refractivity contribution in [2.45, 2.75) is 49.9 Å². The van der Waals surface area contributed by atoms with Gasteiger partial charge in [0.05, 0.1) is 48.4 Å². The quantitative estimate of drug-likeness (QED) is 0.0378. The third-order valence-corrected chi connectivity index (χ3v) is 10.7. The number of anilines is 2. The number of aromatic amines is 2. The first-order valence-electron chi connectivity index (χ1n) is 19.6. The number of ether oxygens (including phenoxy) is 1. The average molecular weight is 813 g/mol. The highest BCUT2D eigenvalue weighted by atomic mass is 17.2. The van der Waals surface area contributed by atoms with Gasteiger partial charge < -0.3 is 45.3 Å². The lowest BCUT2D eigenvalue weighted by atomic mass is 10.1. The molecule has 5 N–H and O–H groups in total. The fourth-order valence-electron chi connectivity index (χ4n) is 7.94. The van der Waals surface area contributed by atoms with Crippen molar-refractivity contribution >= 4 is 63.8 Å². The number of aromatic nitrogens is 4. The minimum absolute atomic E-state index is 0.179. The number of likely N-dealkylation sites (tertiary alicyclic amines) is 2. The summed E-state index contributed by atoms with van der Waals surface area (Å²) in [6.07, 6.45) is 3.41. The summed E-state index contributed by atoms with van der Waals surface area (Å²) in [5.41, 5.74) is 5.20. The molecule has 6 aromatic rings. The fourth-order valence-corrected chi connectivity index (χ4v) is 7.94. The Kier molecular flexibility index (Phi) is 11.7. The fraction of sp³-hybridized carbons (Fsp3) is 0.279. The number of carbonyl (C=O) groups is 4. The highest BCUT2D eigenvalue weighted by Gasteiger charge is 2.38. The number of urea groups is 1. The molecule has 8 rings (SSSR count). The van der Waals surface area contributed by atoms with E-state index in [9.17, 15) is 19.2 Å². The molecule has 4 atom stereocenters. The van der Waals surface area contributed by atoms with Crippen LogP contribution in [0.2, 0.25) is 0 Å². The molecule has 0 bridgehead atoms. The number of alkyl carbamates (subject to hydrolysis) is 1. The van der Waals surface area contributed by atoms with Crippen LogP contribution in [0.1, 0.15) is 72.6 Å². The molecule has 0 radical (unpaired) electrons. The van der Waals surface area contributed by atoms with Crippen LogP contribution in [0, 0.1) is 0 Å². The Bertz CT molecular complexity index is 2530. The van der Waals surface area contributed by atoms with Crippen molar-refractivity contribution in [1.82, 2.24) is 35.1 Å². The van der Waals surface area contributed by atoms with E-state index in [1.165, 1.54) is 14.2 Å². The molecule has 17 nitrogen and oxygen atoms in total. The summed E-state index contributed by atoms with van der Waals surface area (Å²) in [5.74, 6) is 0.816. The number of carbonyl (C=O) groups excluding carboxylic acids is 4. The van der Waals surface area contributed by atoms with Crippen molar-refractivity contribution in [1.29, 1.82) is 0 Å². The first-order valence-corrected chi connectivity index (χ1v) is 19.6. The molecule has 4 heterocycles. The molecule has 2 aromatic heterocycles. The van der Waals surface area contributed by atoms with Crippen molar-refractivity contribution in [3.8, 4) is 0 Å². The van der Waals surface area contributed by atoms with E-state index < -0.39 is 24.2 Å². The minimum atomic E-state index is -0.927. The third kappa shape index (κ3) is 8.47. The first-order chi connectivity index (χ1) is 29.3. The lowest BCUT2D eigenvalue weighted by molar-refractivity contribution is -0.188. The van der Waals surface area contributed by atoms with E-state index in [0.29, 0.717) is 70.2 Å². The van der Waals surface area contributed by atoms with E-state index in [2.05, 4.69) is 35.8 Å². The van der Waals surface area contributed by atoms with Crippen molar-refractivity contribution in [3.05, 3.63) is 120 Å². The first kappa shape index (κ1) is 39.6. The number of aliphatic imine (C=N–C) groups is 1. The van der Waals surface area contributed by atoms with Crippen molar-refractivity contribution in [2.75, 3.05) is 37.9 Å². The molecule has 0 aliphatic carbocycles. The predicted molar refractivity (Wildman–Crippen MR) is 223 cm³/mol. The monoisotopic (exact) mass is 812 g/mol. The number of fused-ring (bicyclic) bond motifs is 2. The van der Waals surface area contributed by atoms with Gasteiger partial charge in [-0.1, -0.05) is 60.7 Å². The number of methoxy groups -OCH3 is 1. The van der Waals surface area contributed by atoms with E-state index in [1.807, 2.05) is 54.6 Å². The molecule has 5 amide bonds. The summed E-state index contributed by atoms with van der Waals surface area (Å²) in [6, 6.07) is 26.2. The number of nitrogens with one attached hydrogen (secondary N) is 5. The number of amides is 5. The van der Waals surface area contributed by atoms with Crippen LogP contribution >= 0.6 is 0 Å². The zero-order valence-electron chi connectivity index (χ0n) is 33.0. The maximum Gasteiger partial charge on any atom is 0.407 e. The molecule has 4 aromatic carbocycles. The van der Waals surface area contributed by atoms with E-state index >= 15 is 0 Å². The molecule has 2 aliphatic rings. The number of hydrogen-bond donors (Lipinski definition) is 5. The van der Waals surface area contributed by atoms with Gasteiger partial charge in [-0.3, -0.25) is 9.59 Å². The number of H-pyrrole nitrogens is 2. The standard InChI is InChI=1S/C43H44N10O7/c1-58-43(57)51-37(27-13-7-4-8-14-27)41(55)53-22-10-16-35(53)39-48-31-20-18-29(24-33(31)50-39)46-42(56)45-28-17-19-30-32(23-28)49-38(47-30)34-15-9-21-52(34)40(54)36(44-25-60-59-2)26-11-5-3-6-12-26/h3-8,11-14,17-20,23-25,34-37H,9-10,15-16,21-22H2,1-2H3,(H,47,49)(H,48,50)(H,51,57)(H2,45,46,56)/t34-,35-,36-,37+/m0/s1. The molecule has 60 heavy (non-hydrogen) atoms. The Morgan fingerprint density at radius 3 is 1.80 bits per heavy atom. The maximum absolute atomic E-state index is 13.9. The zero-order valence-corrected chi connectivity index (χ0v) is 33.0. The summed E-state index contributed by atoms with van der Waals surface area (Å²) in [7, 11) is 2.62. The average Bonchev–Trinajstić information content (AvgIpc) is 4.10. The van der Waals surface area contributed by atoms with E-state index in [0.717, 1.165) is 31.2 Å². The van der Waals surface area contributed by atoms with Crippen LogP contribution < -0.4 is 16.0 Å². The van der Waals surface area contributed by atoms with Crippen molar-refractivity contribution in [3.63, 3.8) is 0 Å². The molecule has 2 aliphatic heterocycles. The molecule has 2 saturated heterocycles. The molecule has 0 spiro atoms. The van der Waals surface area contributed by atoms with Gasteiger partial charge in [0.25, 0.3) is 11.8 Å². The lowest BCUT2D eigenvalue weighted by Gasteiger charge is -2.28. The third-order valence-electron chi connectivity index (χ3n) is 10.7. The van der Waals surface area contributed by atoms with Crippen molar-refractivity contribution in [2.24, 2.45) is 4.99 Å². The van der Waals surface area contributed by atoms with Gasteiger partial charge in [-0.05, 0) is 73.2 Å². The van der Waals surface area contributed by atoms with Crippen LogP contribution in [-0.2, 0) is 24.1 Å². The summed E-state index contributed by atoms with van der Waals surface area (Å²) in [4.78, 5) is 87.1. The molecule has 17 heteroatoms. The van der Waals surface area contributed by atoms with E-state index in [1.54, 1.807) is 52.3 Å². The molecular weight excluding hydrogens is 769 g/mol. The summed E-state index contributed by atoms with van der Waals surface area (Å²) < 4.78 is 4.81. The van der Waals surface area contributed by atoms with Gasteiger partial charge in [0.2, 0.25) is 6.40 Å². The number of imidazole rings is 2. The summed E-state index contributed by atoms with van der Waals surface area (Å²) >= 11 is 0. The topological polar surface area (TPSA) is 208 Å². The number of nitrogens with zero attached hydrogens (tertiary/aromatic N) is 5. The highest BCUT2D eigenvalue weighted by molar-refractivity contribution is 6.01. The van der Waals surface area contributed by atoms with Crippen LogP contribution in [0.25, 0.3) is 22.1 Å². The van der Waals surface area contributed by atoms with Gasteiger partial charge in [-0.25, -0.2) is 24.5 Å². The number of benzene rings is 4. The molecular formula is C43H44N10O7. The maximum atomic E-state index is 13.9. The summed E-state index contributed by atoms with van der Waals surface area (Å²) in [5, 5.41) is 8.47. The van der Waals surface area contributed by atoms with Crippen LogP contribution in [0.5, 0.6) is 0 Å². The van der Waals surface area contributed by atoms with Crippen LogP contribution in [0.4, 0.5) is 21.0 Å². The largest absolute Gasteiger partial charge is 0.453 e. The van der Waals surface area contributed by atoms with Gasteiger partial charge in [-0.2, -0.15) is 4.89 Å². The highest BCUT2D eigenvalue weighted by Crippen LogP contribution is 2.36. The number of rotatable bonds is 12. The Labute approximate surface area is 344 Å². The Balaban J connectivity index is 0.933. The molecule has 308 valence electrons. The molecule has 0 saturated carbocycles. The second-order valence-electron chi connectivity index (χ2n) is 14.5. The smallest absolute Gasteiger partial charge is 0.407 e. The van der Waals surface area contributed by atoms with Crippen LogP contribution in [-0.4, -0.2) is 87.4 Å². The van der Waals surface area contributed by atoms with Crippen LogP contribution in [0.3, 0.4) is 0 Å². The SMILES string of the molecule is COOC=N[C@H](C(=O)N1CCC[C@H]1c1nc2ccc(NC(=O)Nc3ccc4nc([C@@H]5CCCN5C(=O)[C@H](NC(=O)OC)c5ccccc5)[nH]c4c3)cc2[nH]1)c1ccccc1. The lowest BCUT2D eigenvalue weighted by Crippen LogP contribution is -2.42. The molecule has 0 unspecified atom stereocenters. The van der Waals surface area contributed by atoms with Gasteiger partial charge in [0, 0.05) is 24.5 Å². The number of hydrogen-bond acceptors (Lipinski definition) is 10.